The molecule has 0 radical (unpaired) electrons. The van der Waals surface area contributed by atoms with E-state index in [2.05, 4.69) is 78.1 Å². The number of amides is 1. The topological polar surface area (TPSA) is 74.3 Å². The van der Waals surface area contributed by atoms with Gasteiger partial charge in [0.05, 0.1) is 11.4 Å². The minimum absolute atomic E-state index is 0.200. The van der Waals surface area contributed by atoms with Crippen molar-refractivity contribution in [3.05, 3.63) is 47.5 Å². The lowest BCUT2D eigenvalue weighted by Crippen LogP contribution is -2.31. The van der Waals surface area contributed by atoms with Crippen LogP contribution in [-0.2, 0) is 4.79 Å². The molecule has 1 aliphatic heterocycles. The zero-order chi connectivity index (χ0) is 21.0. The van der Waals surface area contributed by atoms with Crippen LogP contribution in [0, 0.1) is 13.8 Å². The maximum absolute atomic E-state index is 11.3. The van der Waals surface area contributed by atoms with Gasteiger partial charge in [-0.3, -0.25) is 4.79 Å². The molecule has 1 amide bonds. The van der Waals surface area contributed by atoms with Gasteiger partial charge in [0, 0.05) is 36.6 Å². The lowest BCUT2D eigenvalue weighted by molar-refractivity contribution is -0.117. The molecule has 154 valence electrons. The summed E-state index contributed by atoms with van der Waals surface area (Å²) < 4.78 is 0. The zero-order valence-corrected chi connectivity index (χ0v) is 18.4. The summed E-state index contributed by atoms with van der Waals surface area (Å²) in [5.74, 6) is -0.311. The van der Waals surface area contributed by atoms with Crippen molar-refractivity contribution < 1.29 is 4.79 Å². The quantitative estimate of drug-likeness (QED) is 0.620. The predicted octanol–water partition coefficient (Wildman–Crippen LogP) is 5.00. The first kappa shape index (κ1) is 21.2. The van der Waals surface area contributed by atoms with Crippen molar-refractivity contribution >= 4 is 34.7 Å². The van der Waals surface area contributed by atoms with Gasteiger partial charge in [-0.05, 0) is 69.2 Å². The van der Waals surface area contributed by atoms with E-state index in [4.69, 9.17) is 5.73 Å². The van der Waals surface area contributed by atoms with Gasteiger partial charge in [-0.15, -0.1) is 0 Å². The summed E-state index contributed by atoms with van der Waals surface area (Å²) in [7, 11) is 0. The fraction of sp³-hybridized carbons (Fsp3) is 0.409. The van der Waals surface area contributed by atoms with E-state index in [9.17, 15) is 4.79 Å². The second-order valence-electron chi connectivity index (χ2n) is 7.18. The van der Waals surface area contributed by atoms with Crippen LogP contribution in [0.2, 0.25) is 0 Å². The molecule has 1 atom stereocenters. The van der Waals surface area contributed by atoms with Crippen molar-refractivity contribution in [3.8, 4) is 0 Å². The van der Waals surface area contributed by atoms with Crippen molar-refractivity contribution in [2.24, 2.45) is 16.0 Å². The van der Waals surface area contributed by atoms with E-state index in [1.807, 2.05) is 6.07 Å². The molecule has 7 heteroatoms. The lowest BCUT2D eigenvalue weighted by Gasteiger charge is -2.23. The van der Waals surface area contributed by atoms with E-state index >= 15 is 0 Å². The number of anilines is 2. The number of hydrogen-bond donors (Lipinski definition) is 1. The summed E-state index contributed by atoms with van der Waals surface area (Å²) in [4.78, 5) is 16.9. The van der Waals surface area contributed by atoms with Gasteiger partial charge in [0.2, 0.25) is 5.91 Å². The number of fused-ring (bicyclic) bond motifs is 1. The molecule has 6 nitrogen and oxygen atoms in total. The van der Waals surface area contributed by atoms with Crippen molar-refractivity contribution in [2.75, 3.05) is 29.4 Å². The van der Waals surface area contributed by atoms with Crippen LogP contribution in [0.5, 0.6) is 0 Å². The SMILES string of the molecule is CCN(CC)c1ccc(N=NC2Sc3cc(C)ccc3N2CCC(N)=O)cc1C. The van der Waals surface area contributed by atoms with Gasteiger partial charge in [0.1, 0.15) is 0 Å². The van der Waals surface area contributed by atoms with E-state index in [1.54, 1.807) is 11.8 Å². The Labute approximate surface area is 177 Å². The van der Waals surface area contributed by atoms with Gasteiger partial charge >= 0.3 is 0 Å². The first-order chi connectivity index (χ1) is 13.9. The first-order valence-corrected chi connectivity index (χ1v) is 10.9. The Morgan fingerprint density at radius 3 is 2.59 bits per heavy atom. The van der Waals surface area contributed by atoms with E-state index in [1.165, 1.54) is 16.8 Å². The summed E-state index contributed by atoms with van der Waals surface area (Å²) in [5, 5.41) is 9.11. The average Bonchev–Trinajstić information content (AvgIpc) is 3.03. The maximum Gasteiger partial charge on any atom is 0.219 e. The van der Waals surface area contributed by atoms with Crippen LogP contribution in [0.25, 0.3) is 0 Å². The highest BCUT2D eigenvalue weighted by molar-refractivity contribution is 8.00. The van der Waals surface area contributed by atoms with Crippen molar-refractivity contribution in [2.45, 2.75) is 44.5 Å². The van der Waals surface area contributed by atoms with E-state index in [0.717, 1.165) is 29.4 Å². The molecule has 0 spiro atoms. The molecule has 2 aromatic rings. The fourth-order valence-corrected chi connectivity index (χ4v) is 4.76. The van der Waals surface area contributed by atoms with Crippen LogP contribution in [0.3, 0.4) is 0 Å². The molecule has 0 aromatic heterocycles. The number of thioether (sulfide) groups is 1. The van der Waals surface area contributed by atoms with Crippen LogP contribution >= 0.6 is 11.8 Å². The standard InChI is InChI=1S/C22H29N5OS/c1-5-26(6-2)18-10-8-17(14-16(18)4)24-25-22-27(12-11-21(23)28)19-9-7-15(3)13-20(19)29-22/h7-10,13-14,22H,5-6,11-12H2,1-4H3,(H2,23,28). The van der Waals surface area contributed by atoms with Crippen LogP contribution in [-0.4, -0.2) is 31.0 Å². The zero-order valence-electron chi connectivity index (χ0n) is 17.6. The second kappa shape index (κ2) is 9.31. The van der Waals surface area contributed by atoms with E-state index < -0.39 is 0 Å². The van der Waals surface area contributed by atoms with Gasteiger partial charge < -0.3 is 15.5 Å². The Balaban J connectivity index is 1.81. The smallest absolute Gasteiger partial charge is 0.219 e. The van der Waals surface area contributed by atoms with Gasteiger partial charge in [-0.1, -0.05) is 17.8 Å². The number of carbonyl (C=O) groups excluding carboxylic acids is 1. The predicted molar refractivity (Wildman–Crippen MR) is 121 cm³/mol. The molecule has 0 fully saturated rings. The fourth-order valence-electron chi connectivity index (χ4n) is 3.53. The Bertz CT molecular complexity index is 910. The van der Waals surface area contributed by atoms with Crippen molar-refractivity contribution in [1.29, 1.82) is 0 Å². The molecule has 0 aliphatic carbocycles. The summed E-state index contributed by atoms with van der Waals surface area (Å²) in [6.07, 6.45) is 0.289. The number of primary amides is 1. The normalized spacial score (nSPS) is 15.7. The van der Waals surface area contributed by atoms with Gasteiger partial charge in [0.15, 0.2) is 5.50 Å². The summed E-state index contributed by atoms with van der Waals surface area (Å²) in [5.41, 5.74) is 10.7. The molecule has 0 bridgehead atoms. The third-order valence-electron chi connectivity index (χ3n) is 5.08. The van der Waals surface area contributed by atoms with Gasteiger partial charge in [-0.25, -0.2) is 0 Å². The highest BCUT2D eigenvalue weighted by Crippen LogP contribution is 2.44. The number of rotatable bonds is 8. The summed E-state index contributed by atoms with van der Waals surface area (Å²) in [6, 6.07) is 12.5. The number of nitrogens with two attached hydrogens (primary N) is 1. The van der Waals surface area contributed by atoms with E-state index in [0.29, 0.717) is 6.54 Å². The third-order valence-corrected chi connectivity index (χ3v) is 6.22. The number of hydrogen-bond acceptors (Lipinski definition) is 6. The molecule has 1 aliphatic rings. The Morgan fingerprint density at radius 1 is 1.17 bits per heavy atom. The average molecular weight is 412 g/mol. The van der Waals surface area contributed by atoms with Gasteiger partial charge in [0.25, 0.3) is 0 Å². The number of benzene rings is 2. The largest absolute Gasteiger partial charge is 0.372 e. The highest BCUT2D eigenvalue weighted by atomic mass is 32.2. The number of nitrogens with zero attached hydrogens (tertiary/aromatic N) is 4. The Morgan fingerprint density at radius 2 is 1.93 bits per heavy atom. The number of azo groups is 1. The molecule has 2 N–H and O–H groups in total. The van der Waals surface area contributed by atoms with Crippen molar-refractivity contribution in [3.63, 3.8) is 0 Å². The monoisotopic (exact) mass is 411 g/mol. The Kier molecular flexibility index (Phi) is 6.79. The van der Waals surface area contributed by atoms with Crippen LogP contribution in [0.1, 0.15) is 31.4 Å². The first-order valence-electron chi connectivity index (χ1n) is 10.0. The second-order valence-corrected chi connectivity index (χ2v) is 8.28. The van der Waals surface area contributed by atoms with Crippen molar-refractivity contribution in [1.82, 2.24) is 0 Å². The van der Waals surface area contributed by atoms with Gasteiger partial charge in [-0.2, -0.15) is 10.2 Å². The Hall–Kier alpha value is -2.54. The van der Waals surface area contributed by atoms with E-state index in [-0.39, 0.29) is 17.8 Å². The molecule has 0 saturated carbocycles. The summed E-state index contributed by atoms with van der Waals surface area (Å²) in [6.45, 7) is 11.0. The molecule has 29 heavy (non-hydrogen) atoms. The van der Waals surface area contributed by atoms with Crippen LogP contribution < -0.4 is 15.5 Å². The molecule has 1 unspecified atom stereocenters. The third kappa shape index (κ3) is 4.90. The molecule has 0 saturated heterocycles. The minimum atomic E-state index is -0.311. The lowest BCUT2D eigenvalue weighted by atomic mass is 10.1. The van der Waals surface area contributed by atoms with Crippen LogP contribution in [0.4, 0.5) is 17.1 Å². The molecular weight excluding hydrogens is 382 g/mol. The molecule has 3 rings (SSSR count). The molecule has 1 heterocycles. The highest BCUT2D eigenvalue weighted by Gasteiger charge is 2.30. The number of aryl methyl sites for hydroxylation is 2. The summed E-state index contributed by atoms with van der Waals surface area (Å²) >= 11 is 1.65. The minimum Gasteiger partial charge on any atom is -0.372 e. The maximum atomic E-state index is 11.3. The molecule has 2 aromatic carbocycles. The molecular formula is C22H29N5OS. The number of carbonyl (C=O) groups is 1. The van der Waals surface area contributed by atoms with Crippen LogP contribution in [0.15, 0.2) is 51.5 Å².